The first-order valence-electron chi connectivity index (χ1n) is 2.23. The van der Waals surface area contributed by atoms with Crippen molar-refractivity contribution in [3.05, 3.63) is 12.7 Å². The van der Waals surface area contributed by atoms with Gasteiger partial charge in [0.15, 0.2) is 0 Å². The van der Waals surface area contributed by atoms with Crippen LogP contribution in [0.4, 0.5) is 0 Å². The van der Waals surface area contributed by atoms with Crippen molar-refractivity contribution >= 4 is 10.4 Å². The third-order valence-electron chi connectivity index (χ3n) is 0.335. The van der Waals surface area contributed by atoms with Crippen molar-refractivity contribution in [1.82, 2.24) is 6.15 Å². The smallest absolute Gasteiger partial charge is 0.397 e. The largest absolute Gasteiger partial charge is 0.400 e. The zero-order valence-corrected chi connectivity index (χ0v) is 7.04. The third-order valence-corrected chi connectivity index (χ3v) is 0.769. The number of hydrogen-bond acceptors (Lipinski definition) is 5. The van der Waals surface area contributed by atoms with E-state index < -0.39 is 10.4 Å². The van der Waals surface area contributed by atoms with E-state index in [1.807, 2.05) is 0 Å². The maximum absolute atomic E-state index is 9.68. The van der Waals surface area contributed by atoms with Crippen LogP contribution in [0.1, 0.15) is 0 Å². The first-order chi connectivity index (χ1) is 4.56. The topological polar surface area (TPSA) is 119 Å². The summed E-state index contributed by atoms with van der Waals surface area (Å²) in [5, 5.41) is 7.00. The van der Waals surface area contributed by atoms with Gasteiger partial charge in [0.2, 0.25) is 0 Å². The fraction of sp³-hybridized carbons (Fsp3) is 0.500. The zero-order chi connectivity index (χ0) is 8.62. The van der Waals surface area contributed by atoms with Crippen molar-refractivity contribution in [3.8, 4) is 0 Å². The van der Waals surface area contributed by atoms with Gasteiger partial charge in [0.1, 0.15) is 0 Å². The van der Waals surface area contributed by atoms with Gasteiger partial charge in [-0.05, 0) is 0 Å². The van der Waals surface area contributed by atoms with Crippen LogP contribution < -0.4 is 6.15 Å². The molecule has 0 aromatic carbocycles. The van der Waals surface area contributed by atoms with E-state index in [1.165, 1.54) is 6.08 Å². The van der Waals surface area contributed by atoms with Gasteiger partial charge in [-0.25, -0.2) is 4.18 Å². The molecule has 0 spiro atoms. The highest BCUT2D eigenvalue weighted by Gasteiger charge is 1.99. The van der Waals surface area contributed by atoms with E-state index in [1.54, 1.807) is 0 Å². The molecule has 5 N–H and O–H groups in total. The maximum Gasteiger partial charge on any atom is 0.397 e. The van der Waals surface area contributed by atoms with Gasteiger partial charge >= 0.3 is 10.4 Å². The number of hydrogen-bond donors (Lipinski definition) is 3. The molecule has 0 aliphatic carbocycles. The van der Waals surface area contributed by atoms with Gasteiger partial charge in [0.25, 0.3) is 0 Å². The van der Waals surface area contributed by atoms with Crippen molar-refractivity contribution in [1.29, 1.82) is 0 Å². The Kier molecular flexibility index (Phi) is 14.6. The van der Waals surface area contributed by atoms with Crippen LogP contribution in [0.15, 0.2) is 12.7 Å². The summed E-state index contributed by atoms with van der Waals surface area (Å²) in [6, 6.07) is 0. The summed E-state index contributed by atoms with van der Waals surface area (Å²) in [6.45, 7) is 2.97. The molecule has 0 amide bonds. The van der Waals surface area contributed by atoms with Gasteiger partial charge in [-0.3, -0.25) is 4.55 Å². The van der Waals surface area contributed by atoms with Crippen molar-refractivity contribution in [2.75, 3.05) is 13.7 Å². The standard InChI is InChI=1S/C3H6O4S.CH4O.H3N/c1-2-3-7-8(4,5)6;1-2;/h2H,1,3H2,(H,4,5,6);2H,1H3;1H3. The average molecular weight is 187 g/mol. The van der Waals surface area contributed by atoms with Crippen LogP contribution in [-0.2, 0) is 14.6 Å². The highest BCUT2D eigenvalue weighted by atomic mass is 32.3. The lowest BCUT2D eigenvalue weighted by molar-refractivity contribution is 0.296. The van der Waals surface area contributed by atoms with E-state index in [-0.39, 0.29) is 12.8 Å². The second kappa shape index (κ2) is 9.53. The summed E-state index contributed by atoms with van der Waals surface area (Å²) in [7, 11) is -3.26. The molecule has 0 atom stereocenters. The minimum atomic E-state index is -4.26. The molecule has 0 heterocycles. The lowest BCUT2D eigenvalue weighted by Gasteiger charge is -1.90. The summed E-state index contributed by atoms with van der Waals surface area (Å²) in [5.41, 5.74) is 0. The Balaban J connectivity index is -0.000000196. The molecule has 11 heavy (non-hydrogen) atoms. The Morgan fingerprint density at radius 2 is 1.91 bits per heavy atom. The maximum atomic E-state index is 9.68. The molecule has 0 aliphatic rings. The molecule has 0 saturated carbocycles. The van der Waals surface area contributed by atoms with Crippen LogP contribution in [0, 0.1) is 0 Å². The minimum absolute atomic E-state index is 0. The van der Waals surface area contributed by atoms with Gasteiger partial charge < -0.3 is 11.3 Å². The van der Waals surface area contributed by atoms with E-state index in [4.69, 9.17) is 9.66 Å². The predicted molar refractivity (Wildman–Crippen MR) is 40.9 cm³/mol. The van der Waals surface area contributed by atoms with Crippen LogP contribution in [0.25, 0.3) is 0 Å². The molecule has 0 radical (unpaired) electrons. The van der Waals surface area contributed by atoms with Gasteiger partial charge in [-0.2, -0.15) is 8.42 Å². The second-order valence-electron chi connectivity index (χ2n) is 1.00. The fourth-order valence-electron chi connectivity index (χ4n) is 0.134. The van der Waals surface area contributed by atoms with Crippen molar-refractivity contribution in [2.45, 2.75) is 0 Å². The lowest BCUT2D eigenvalue weighted by Crippen LogP contribution is -2.02. The molecule has 0 aromatic rings. The third kappa shape index (κ3) is 26.3. The van der Waals surface area contributed by atoms with E-state index in [9.17, 15) is 8.42 Å². The lowest BCUT2D eigenvalue weighted by atomic mass is 10.7. The van der Waals surface area contributed by atoms with Gasteiger partial charge in [-0.15, -0.1) is 6.58 Å². The number of aliphatic hydroxyl groups is 1. The number of rotatable bonds is 3. The minimum Gasteiger partial charge on any atom is -0.400 e. The molecule has 0 rings (SSSR count). The van der Waals surface area contributed by atoms with Gasteiger partial charge in [0.05, 0.1) is 6.61 Å². The monoisotopic (exact) mass is 187 g/mol. The first kappa shape index (κ1) is 16.9. The molecule has 7 heteroatoms. The van der Waals surface area contributed by atoms with Crippen molar-refractivity contribution < 1.29 is 22.3 Å². The Morgan fingerprint density at radius 1 is 1.55 bits per heavy atom. The van der Waals surface area contributed by atoms with Crippen LogP contribution in [-0.4, -0.2) is 31.8 Å². The van der Waals surface area contributed by atoms with Crippen LogP contribution >= 0.6 is 0 Å². The SMILES string of the molecule is C=CCOS(=O)(=O)O.CO.N. The molecule has 0 fully saturated rings. The molecule has 0 unspecified atom stereocenters. The van der Waals surface area contributed by atoms with E-state index in [0.29, 0.717) is 0 Å². The summed E-state index contributed by atoms with van der Waals surface area (Å²) in [4.78, 5) is 0. The van der Waals surface area contributed by atoms with Crippen molar-refractivity contribution in [3.63, 3.8) is 0 Å². The summed E-state index contributed by atoms with van der Waals surface area (Å²) in [5.74, 6) is 0. The summed E-state index contributed by atoms with van der Waals surface area (Å²) < 4.78 is 31.0. The molecule has 6 nitrogen and oxygen atoms in total. The van der Waals surface area contributed by atoms with Crippen LogP contribution in [0.5, 0.6) is 0 Å². The number of aliphatic hydroxyl groups excluding tert-OH is 1. The Morgan fingerprint density at radius 3 is 2.00 bits per heavy atom. The Labute approximate surface area is 66.0 Å². The van der Waals surface area contributed by atoms with E-state index >= 15 is 0 Å². The molecule has 0 aliphatic heterocycles. The normalized spacial score (nSPS) is 8.64. The first-order valence-corrected chi connectivity index (χ1v) is 3.60. The summed E-state index contributed by atoms with van der Waals surface area (Å²) in [6.07, 6.45) is 1.22. The Hall–Kier alpha value is -0.470. The molecule has 0 aromatic heterocycles. The quantitative estimate of drug-likeness (QED) is 0.414. The fourth-order valence-corrected chi connectivity index (χ4v) is 0.402. The average Bonchev–Trinajstić information content (AvgIpc) is 1.87. The van der Waals surface area contributed by atoms with E-state index in [0.717, 1.165) is 7.11 Å². The molecule has 0 bridgehead atoms. The molecule has 0 saturated heterocycles. The highest BCUT2D eigenvalue weighted by molar-refractivity contribution is 7.80. The highest BCUT2D eigenvalue weighted by Crippen LogP contribution is 1.83. The van der Waals surface area contributed by atoms with Crippen molar-refractivity contribution in [2.24, 2.45) is 0 Å². The van der Waals surface area contributed by atoms with Crippen LogP contribution in [0.3, 0.4) is 0 Å². The summed E-state index contributed by atoms with van der Waals surface area (Å²) >= 11 is 0. The molecular formula is C4H13NO5S. The second-order valence-corrected chi connectivity index (χ2v) is 2.09. The molecular weight excluding hydrogens is 174 g/mol. The Bertz CT molecular complexity index is 163. The zero-order valence-electron chi connectivity index (χ0n) is 6.23. The van der Waals surface area contributed by atoms with Gasteiger partial charge in [-0.1, -0.05) is 6.08 Å². The van der Waals surface area contributed by atoms with Gasteiger partial charge in [0, 0.05) is 7.11 Å². The predicted octanol–water partition coefficient (Wildman–Crippen LogP) is -0.238. The van der Waals surface area contributed by atoms with E-state index in [2.05, 4.69) is 10.8 Å². The van der Waals surface area contributed by atoms with Crippen LogP contribution in [0.2, 0.25) is 0 Å². The molecule has 70 valence electrons.